The first kappa shape index (κ1) is 19.0. The van der Waals surface area contributed by atoms with Crippen LogP contribution in [-0.2, 0) is 11.2 Å². The summed E-state index contributed by atoms with van der Waals surface area (Å²) in [5.41, 5.74) is 2.45. The SMILES string of the molecule is O=C(CNc1ccc(F)c([N+](=O)[O-])c1)Nc1ccccc1Cc1ccccc1. The average Bonchev–Trinajstić information content (AvgIpc) is 2.69. The van der Waals surface area contributed by atoms with Crippen molar-refractivity contribution in [2.45, 2.75) is 6.42 Å². The van der Waals surface area contributed by atoms with Crippen LogP contribution in [0.4, 0.5) is 21.5 Å². The van der Waals surface area contributed by atoms with E-state index in [2.05, 4.69) is 10.6 Å². The van der Waals surface area contributed by atoms with Gasteiger partial charge in [-0.15, -0.1) is 0 Å². The van der Waals surface area contributed by atoms with Gasteiger partial charge < -0.3 is 10.6 Å². The number of halogens is 1. The first-order chi connectivity index (χ1) is 13.5. The zero-order valence-electron chi connectivity index (χ0n) is 14.9. The number of rotatable bonds is 7. The number of carbonyl (C=O) groups excluding carboxylic acids is 1. The molecule has 28 heavy (non-hydrogen) atoms. The van der Waals surface area contributed by atoms with Crippen molar-refractivity contribution in [1.82, 2.24) is 0 Å². The van der Waals surface area contributed by atoms with Crippen LogP contribution in [0.1, 0.15) is 11.1 Å². The summed E-state index contributed by atoms with van der Waals surface area (Å²) in [4.78, 5) is 22.3. The van der Waals surface area contributed by atoms with Crippen LogP contribution in [0.25, 0.3) is 0 Å². The third-order valence-electron chi connectivity index (χ3n) is 4.12. The average molecular weight is 379 g/mol. The number of nitrogens with one attached hydrogen (secondary N) is 2. The van der Waals surface area contributed by atoms with E-state index < -0.39 is 16.4 Å². The molecule has 3 aromatic rings. The second kappa shape index (κ2) is 8.77. The summed E-state index contributed by atoms with van der Waals surface area (Å²) in [7, 11) is 0. The van der Waals surface area contributed by atoms with Crippen molar-refractivity contribution in [1.29, 1.82) is 0 Å². The minimum absolute atomic E-state index is 0.109. The van der Waals surface area contributed by atoms with Crippen LogP contribution in [0.15, 0.2) is 72.8 Å². The Hall–Kier alpha value is -3.74. The number of hydrogen-bond acceptors (Lipinski definition) is 4. The lowest BCUT2D eigenvalue weighted by molar-refractivity contribution is -0.387. The largest absolute Gasteiger partial charge is 0.376 e. The lowest BCUT2D eigenvalue weighted by Gasteiger charge is -2.12. The number of benzene rings is 3. The second-order valence-corrected chi connectivity index (χ2v) is 6.14. The molecular formula is C21H18FN3O3. The quantitative estimate of drug-likeness (QED) is 0.471. The molecule has 0 aliphatic rings. The van der Waals surface area contributed by atoms with Crippen LogP contribution >= 0.6 is 0 Å². The van der Waals surface area contributed by atoms with E-state index in [1.807, 2.05) is 54.6 Å². The van der Waals surface area contributed by atoms with Crippen molar-refractivity contribution in [2.24, 2.45) is 0 Å². The van der Waals surface area contributed by atoms with Crippen LogP contribution in [0.5, 0.6) is 0 Å². The van der Waals surface area contributed by atoms with Gasteiger partial charge in [-0.2, -0.15) is 4.39 Å². The first-order valence-electron chi connectivity index (χ1n) is 8.62. The summed E-state index contributed by atoms with van der Waals surface area (Å²) in [6, 6.07) is 20.8. The Balaban J connectivity index is 1.64. The Morgan fingerprint density at radius 2 is 1.71 bits per heavy atom. The normalized spacial score (nSPS) is 10.3. The zero-order chi connectivity index (χ0) is 19.9. The molecule has 0 radical (unpaired) electrons. The number of nitrogens with zero attached hydrogens (tertiary/aromatic N) is 1. The molecule has 0 fully saturated rings. The van der Waals surface area contributed by atoms with Gasteiger partial charge >= 0.3 is 5.69 Å². The molecule has 1 amide bonds. The van der Waals surface area contributed by atoms with Gasteiger partial charge in [0.05, 0.1) is 11.5 Å². The number of hydrogen-bond donors (Lipinski definition) is 2. The van der Waals surface area contributed by atoms with Crippen molar-refractivity contribution in [3.05, 3.63) is 99.9 Å². The minimum atomic E-state index is -0.921. The highest BCUT2D eigenvalue weighted by atomic mass is 19.1. The molecule has 3 rings (SSSR count). The smallest absolute Gasteiger partial charge is 0.306 e. The third-order valence-corrected chi connectivity index (χ3v) is 4.12. The molecule has 0 aliphatic heterocycles. The minimum Gasteiger partial charge on any atom is -0.376 e. The van der Waals surface area contributed by atoms with Gasteiger partial charge in [0.1, 0.15) is 0 Å². The van der Waals surface area contributed by atoms with E-state index in [0.29, 0.717) is 17.8 Å². The van der Waals surface area contributed by atoms with Crippen molar-refractivity contribution in [2.75, 3.05) is 17.2 Å². The van der Waals surface area contributed by atoms with Crippen LogP contribution in [0.3, 0.4) is 0 Å². The monoisotopic (exact) mass is 379 g/mol. The molecular weight excluding hydrogens is 361 g/mol. The van der Waals surface area contributed by atoms with E-state index >= 15 is 0 Å². The maximum atomic E-state index is 13.4. The van der Waals surface area contributed by atoms with E-state index in [-0.39, 0.29) is 12.5 Å². The Morgan fingerprint density at radius 3 is 2.46 bits per heavy atom. The number of para-hydroxylation sites is 1. The lowest BCUT2D eigenvalue weighted by atomic mass is 10.0. The number of amides is 1. The van der Waals surface area contributed by atoms with E-state index in [0.717, 1.165) is 23.3 Å². The molecule has 3 aromatic carbocycles. The number of nitro groups is 1. The Labute approximate surface area is 161 Å². The van der Waals surface area contributed by atoms with Gasteiger partial charge in [-0.1, -0.05) is 48.5 Å². The summed E-state index contributed by atoms with van der Waals surface area (Å²) < 4.78 is 13.4. The molecule has 0 spiro atoms. The van der Waals surface area contributed by atoms with Gasteiger partial charge in [-0.3, -0.25) is 14.9 Å². The fraction of sp³-hybridized carbons (Fsp3) is 0.0952. The fourth-order valence-corrected chi connectivity index (χ4v) is 2.75. The van der Waals surface area contributed by atoms with Gasteiger partial charge in [0.25, 0.3) is 0 Å². The molecule has 0 saturated heterocycles. The van der Waals surface area contributed by atoms with Gasteiger partial charge in [0.15, 0.2) is 0 Å². The summed E-state index contributed by atoms with van der Waals surface area (Å²) in [6.45, 7) is -0.109. The fourth-order valence-electron chi connectivity index (χ4n) is 2.75. The van der Waals surface area contributed by atoms with Crippen LogP contribution in [0.2, 0.25) is 0 Å². The maximum Gasteiger partial charge on any atom is 0.306 e. The molecule has 7 heteroatoms. The standard InChI is InChI=1S/C21H18FN3O3/c22-18-11-10-17(13-20(18)25(27)28)23-14-21(26)24-19-9-5-4-8-16(19)12-15-6-2-1-3-7-15/h1-11,13,23H,12,14H2,(H,24,26). The predicted octanol–water partition coefficient (Wildman–Crippen LogP) is 4.38. The molecule has 0 unspecified atom stereocenters. The molecule has 142 valence electrons. The lowest BCUT2D eigenvalue weighted by Crippen LogP contribution is -2.22. The molecule has 0 aliphatic carbocycles. The third kappa shape index (κ3) is 4.91. The van der Waals surface area contributed by atoms with E-state index in [4.69, 9.17) is 0 Å². The number of nitro benzene ring substituents is 1. The topological polar surface area (TPSA) is 84.3 Å². The van der Waals surface area contributed by atoms with Gasteiger partial charge in [-0.05, 0) is 35.7 Å². The molecule has 0 atom stereocenters. The van der Waals surface area contributed by atoms with Crippen molar-refractivity contribution < 1.29 is 14.1 Å². The molecule has 0 aromatic heterocycles. The van der Waals surface area contributed by atoms with Crippen molar-refractivity contribution in [3.63, 3.8) is 0 Å². The van der Waals surface area contributed by atoms with Gasteiger partial charge in [-0.25, -0.2) is 0 Å². The van der Waals surface area contributed by atoms with E-state index in [9.17, 15) is 19.3 Å². The first-order valence-corrected chi connectivity index (χ1v) is 8.62. The van der Waals surface area contributed by atoms with E-state index in [1.54, 1.807) is 0 Å². The number of carbonyl (C=O) groups is 1. The Kier molecular flexibility index (Phi) is 5.96. The van der Waals surface area contributed by atoms with Crippen LogP contribution < -0.4 is 10.6 Å². The summed E-state index contributed by atoms with van der Waals surface area (Å²) >= 11 is 0. The predicted molar refractivity (Wildman–Crippen MR) is 106 cm³/mol. The molecule has 0 bridgehead atoms. The Morgan fingerprint density at radius 1 is 1.00 bits per heavy atom. The highest BCUT2D eigenvalue weighted by Gasteiger charge is 2.15. The summed E-state index contributed by atoms with van der Waals surface area (Å²) in [5, 5.41) is 16.4. The van der Waals surface area contributed by atoms with Crippen LogP contribution in [-0.4, -0.2) is 17.4 Å². The highest BCUT2D eigenvalue weighted by molar-refractivity contribution is 5.94. The molecule has 2 N–H and O–H groups in total. The van der Waals surface area contributed by atoms with Gasteiger partial charge in [0, 0.05) is 17.4 Å². The van der Waals surface area contributed by atoms with Crippen LogP contribution in [0, 0.1) is 15.9 Å². The molecule has 0 saturated carbocycles. The summed E-state index contributed by atoms with van der Waals surface area (Å²) in [6.07, 6.45) is 0.675. The number of anilines is 2. The van der Waals surface area contributed by atoms with Gasteiger partial charge in [0.2, 0.25) is 11.7 Å². The zero-order valence-corrected chi connectivity index (χ0v) is 14.9. The van der Waals surface area contributed by atoms with E-state index in [1.165, 1.54) is 6.07 Å². The van der Waals surface area contributed by atoms with Crippen molar-refractivity contribution >= 4 is 23.0 Å². The maximum absolute atomic E-state index is 13.4. The second-order valence-electron chi connectivity index (χ2n) is 6.14. The highest BCUT2D eigenvalue weighted by Crippen LogP contribution is 2.22. The Bertz CT molecular complexity index is 993. The molecule has 6 nitrogen and oxygen atoms in total. The summed E-state index contributed by atoms with van der Waals surface area (Å²) in [5.74, 6) is -1.23. The van der Waals surface area contributed by atoms with Crippen molar-refractivity contribution in [3.8, 4) is 0 Å². The molecule has 0 heterocycles.